The van der Waals surface area contributed by atoms with Crippen LogP contribution in [0.5, 0.6) is 0 Å². The van der Waals surface area contributed by atoms with E-state index >= 15 is 0 Å². The molecule has 1 fully saturated rings. The fraction of sp³-hybridized carbons (Fsp3) is 0.692. The molecule has 4 heteroatoms. The van der Waals surface area contributed by atoms with Gasteiger partial charge in [0.1, 0.15) is 11.6 Å². The molecule has 1 aliphatic heterocycles. The summed E-state index contributed by atoms with van der Waals surface area (Å²) < 4.78 is 2.04. The molecule has 0 saturated carbocycles. The lowest BCUT2D eigenvalue weighted by Crippen LogP contribution is -2.41. The molecule has 1 aromatic heterocycles. The van der Waals surface area contributed by atoms with Crippen LogP contribution in [0, 0.1) is 5.41 Å². The van der Waals surface area contributed by atoms with E-state index in [1.54, 1.807) is 6.20 Å². The first kappa shape index (κ1) is 12.3. The summed E-state index contributed by atoms with van der Waals surface area (Å²) in [5.74, 6) is 1.23. The summed E-state index contributed by atoms with van der Waals surface area (Å²) in [6.07, 6.45) is 6.07. The summed E-state index contributed by atoms with van der Waals surface area (Å²) in [5, 5.41) is 3.30. The van der Waals surface area contributed by atoms with Crippen LogP contribution >= 0.6 is 0 Å². The first-order valence-corrected chi connectivity index (χ1v) is 6.40. The third kappa shape index (κ3) is 2.57. The van der Waals surface area contributed by atoms with Gasteiger partial charge in [0, 0.05) is 24.4 Å². The summed E-state index contributed by atoms with van der Waals surface area (Å²) in [6.45, 7) is 6.94. The van der Waals surface area contributed by atoms with Crippen molar-refractivity contribution in [3.05, 3.63) is 18.2 Å². The third-order valence-corrected chi connectivity index (χ3v) is 3.84. The third-order valence-electron chi connectivity index (χ3n) is 3.84. The van der Waals surface area contributed by atoms with Gasteiger partial charge in [-0.25, -0.2) is 4.98 Å². The molecule has 17 heavy (non-hydrogen) atoms. The minimum atomic E-state index is -0.157. The molecule has 2 rings (SSSR count). The molecule has 1 N–H and O–H groups in total. The fourth-order valence-corrected chi connectivity index (χ4v) is 2.41. The molecule has 0 amide bonds. The van der Waals surface area contributed by atoms with Crippen LogP contribution < -0.4 is 5.32 Å². The summed E-state index contributed by atoms with van der Waals surface area (Å²) in [4.78, 5) is 16.7. The zero-order valence-corrected chi connectivity index (χ0v) is 10.7. The van der Waals surface area contributed by atoms with Gasteiger partial charge in [-0.2, -0.15) is 0 Å². The van der Waals surface area contributed by atoms with Crippen LogP contribution in [0.1, 0.15) is 32.5 Å². The zero-order valence-electron chi connectivity index (χ0n) is 10.7. The maximum absolute atomic E-state index is 12.4. The predicted molar refractivity (Wildman–Crippen MR) is 66.8 cm³/mol. The summed E-state index contributed by atoms with van der Waals surface area (Å²) in [7, 11) is 0. The minimum Gasteiger partial charge on any atom is -0.335 e. The highest BCUT2D eigenvalue weighted by molar-refractivity contribution is 5.86. The van der Waals surface area contributed by atoms with Gasteiger partial charge in [0.2, 0.25) is 0 Å². The molecular formula is C13H21N3O. The normalized spacial score (nSPS) is 19.2. The molecule has 0 aliphatic carbocycles. The molecule has 0 unspecified atom stereocenters. The lowest BCUT2D eigenvalue weighted by atomic mass is 9.76. The number of carbonyl (C=O) groups is 1. The second kappa shape index (κ2) is 5.00. The molecule has 1 aliphatic rings. The number of Topliss-reactive ketones (excluding diaryl/α,β-unsaturated/α-hetero) is 1. The Hall–Kier alpha value is -1.16. The molecule has 94 valence electrons. The van der Waals surface area contributed by atoms with Crippen LogP contribution in [0.2, 0.25) is 0 Å². The molecule has 2 heterocycles. The van der Waals surface area contributed by atoms with Gasteiger partial charge in [0.05, 0.1) is 6.42 Å². The SMILES string of the molecule is CCn1ccnc1CC(=O)C1(C)CCNCC1. The predicted octanol–water partition coefficient (Wildman–Crippen LogP) is 1.40. The van der Waals surface area contributed by atoms with Crippen LogP contribution in [-0.4, -0.2) is 28.4 Å². The number of imidazole rings is 1. The summed E-state index contributed by atoms with van der Waals surface area (Å²) in [6, 6.07) is 0. The van der Waals surface area contributed by atoms with Crippen LogP contribution in [0.15, 0.2) is 12.4 Å². The number of rotatable bonds is 4. The first-order valence-electron chi connectivity index (χ1n) is 6.40. The monoisotopic (exact) mass is 235 g/mol. The van der Waals surface area contributed by atoms with Gasteiger partial charge in [-0.3, -0.25) is 4.79 Å². The van der Waals surface area contributed by atoms with Gasteiger partial charge in [0.15, 0.2) is 0 Å². The Morgan fingerprint density at radius 2 is 2.24 bits per heavy atom. The average molecular weight is 235 g/mol. The van der Waals surface area contributed by atoms with Crippen molar-refractivity contribution < 1.29 is 4.79 Å². The molecule has 0 atom stereocenters. The minimum absolute atomic E-state index is 0.157. The van der Waals surface area contributed by atoms with Gasteiger partial charge in [-0.05, 0) is 32.9 Å². The van der Waals surface area contributed by atoms with Crippen molar-refractivity contribution in [3.63, 3.8) is 0 Å². The molecule has 4 nitrogen and oxygen atoms in total. The van der Waals surface area contributed by atoms with E-state index in [1.165, 1.54) is 0 Å². The van der Waals surface area contributed by atoms with Crippen LogP contribution in [0.4, 0.5) is 0 Å². The number of piperidine rings is 1. The Kier molecular flexibility index (Phi) is 3.62. The van der Waals surface area contributed by atoms with Crippen LogP contribution in [0.25, 0.3) is 0 Å². The zero-order chi connectivity index (χ0) is 12.3. The lowest BCUT2D eigenvalue weighted by molar-refractivity contribution is -0.128. The average Bonchev–Trinajstić information content (AvgIpc) is 2.77. The smallest absolute Gasteiger partial charge is 0.146 e. The molecular weight excluding hydrogens is 214 g/mol. The van der Waals surface area contributed by atoms with Crippen molar-refractivity contribution in [3.8, 4) is 0 Å². The standard InChI is InChI=1S/C13H21N3O/c1-3-16-9-8-15-12(16)10-11(17)13(2)4-6-14-7-5-13/h8-9,14H,3-7,10H2,1-2H3. The number of ketones is 1. The van der Waals surface area contributed by atoms with Crippen molar-refractivity contribution >= 4 is 5.78 Å². The molecule has 0 bridgehead atoms. The van der Waals surface area contributed by atoms with Gasteiger partial charge >= 0.3 is 0 Å². The van der Waals surface area contributed by atoms with Crippen molar-refractivity contribution in [2.75, 3.05) is 13.1 Å². The molecule has 1 aromatic rings. The van der Waals surface area contributed by atoms with Crippen molar-refractivity contribution in [2.45, 2.75) is 39.7 Å². The number of nitrogens with one attached hydrogen (secondary N) is 1. The van der Waals surface area contributed by atoms with Crippen LogP contribution in [0.3, 0.4) is 0 Å². The number of carbonyl (C=O) groups excluding carboxylic acids is 1. The Morgan fingerprint density at radius 1 is 1.53 bits per heavy atom. The fourth-order valence-electron chi connectivity index (χ4n) is 2.41. The maximum Gasteiger partial charge on any atom is 0.146 e. The Morgan fingerprint density at radius 3 is 2.88 bits per heavy atom. The molecule has 0 aromatic carbocycles. The Labute approximate surface area is 102 Å². The van der Waals surface area contributed by atoms with Crippen molar-refractivity contribution in [1.29, 1.82) is 0 Å². The van der Waals surface area contributed by atoms with E-state index in [4.69, 9.17) is 0 Å². The van der Waals surface area contributed by atoms with Gasteiger partial charge in [-0.1, -0.05) is 6.92 Å². The number of hydrogen-bond donors (Lipinski definition) is 1. The van der Waals surface area contributed by atoms with E-state index in [9.17, 15) is 4.79 Å². The highest BCUT2D eigenvalue weighted by atomic mass is 16.1. The summed E-state index contributed by atoms with van der Waals surface area (Å²) in [5.41, 5.74) is -0.157. The largest absolute Gasteiger partial charge is 0.335 e. The quantitative estimate of drug-likeness (QED) is 0.858. The van der Waals surface area contributed by atoms with Crippen LogP contribution in [-0.2, 0) is 17.8 Å². The number of nitrogens with zero attached hydrogens (tertiary/aromatic N) is 2. The first-order chi connectivity index (χ1) is 8.15. The van der Waals surface area contributed by atoms with Gasteiger partial charge in [-0.15, -0.1) is 0 Å². The van der Waals surface area contributed by atoms with Crippen molar-refractivity contribution in [1.82, 2.24) is 14.9 Å². The Bertz CT molecular complexity index is 391. The van der Waals surface area contributed by atoms with E-state index in [-0.39, 0.29) is 5.41 Å². The lowest BCUT2D eigenvalue weighted by Gasteiger charge is -2.32. The number of aromatic nitrogens is 2. The van der Waals surface area contributed by atoms with E-state index in [0.29, 0.717) is 12.2 Å². The second-order valence-corrected chi connectivity index (χ2v) is 5.04. The molecule has 1 saturated heterocycles. The van der Waals surface area contributed by atoms with Gasteiger partial charge < -0.3 is 9.88 Å². The maximum atomic E-state index is 12.4. The number of hydrogen-bond acceptors (Lipinski definition) is 3. The highest BCUT2D eigenvalue weighted by Gasteiger charge is 2.34. The van der Waals surface area contributed by atoms with E-state index in [2.05, 4.69) is 24.1 Å². The Balaban J connectivity index is 2.05. The van der Waals surface area contributed by atoms with E-state index in [1.807, 2.05) is 10.8 Å². The highest BCUT2D eigenvalue weighted by Crippen LogP contribution is 2.30. The second-order valence-electron chi connectivity index (χ2n) is 5.04. The molecule has 0 spiro atoms. The van der Waals surface area contributed by atoms with E-state index in [0.717, 1.165) is 38.3 Å². The number of aryl methyl sites for hydroxylation is 1. The van der Waals surface area contributed by atoms with Crippen molar-refractivity contribution in [2.24, 2.45) is 5.41 Å². The summed E-state index contributed by atoms with van der Waals surface area (Å²) >= 11 is 0. The molecule has 0 radical (unpaired) electrons. The van der Waals surface area contributed by atoms with E-state index < -0.39 is 0 Å². The van der Waals surface area contributed by atoms with Gasteiger partial charge in [0.25, 0.3) is 0 Å². The topological polar surface area (TPSA) is 46.9 Å².